The molecule has 1 aliphatic heterocycles. The molecule has 3 rings (SSSR count). The van der Waals surface area contributed by atoms with Crippen molar-refractivity contribution in [2.45, 2.75) is 40.3 Å². The van der Waals surface area contributed by atoms with Crippen molar-refractivity contribution in [2.24, 2.45) is 5.92 Å². The molecule has 0 N–H and O–H groups in total. The van der Waals surface area contributed by atoms with Gasteiger partial charge in [-0.1, -0.05) is 26.0 Å². The molecular weight excluding hydrogens is 437 g/mol. The first-order valence-electron chi connectivity index (χ1n) is 12.0. The highest BCUT2D eigenvalue weighted by Gasteiger charge is 2.24. The van der Waals surface area contributed by atoms with Crippen molar-refractivity contribution in [3.63, 3.8) is 0 Å². The summed E-state index contributed by atoms with van der Waals surface area (Å²) in [4.78, 5) is 32.0. The summed E-state index contributed by atoms with van der Waals surface area (Å²) in [7, 11) is 0. The number of ether oxygens (including phenoxy) is 1. The van der Waals surface area contributed by atoms with Crippen LogP contribution in [0.3, 0.4) is 0 Å². The van der Waals surface area contributed by atoms with Crippen molar-refractivity contribution in [3.8, 4) is 0 Å². The third-order valence-corrected chi connectivity index (χ3v) is 5.83. The summed E-state index contributed by atoms with van der Waals surface area (Å²) in [5.41, 5.74) is 0.811. The van der Waals surface area contributed by atoms with Crippen LogP contribution in [-0.2, 0) is 27.4 Å². The summed E-state index contributed by atoms with van der Waals surface area (Å²) < 4.78 is 24.5. The fourth-order valence-electron chi connectivity index (χ4n) is 3.92. The second-order valence-corrected chi connectivity index (χ2v) is 9.26. The Bertz CT molecular complexity index is 922. The molecule has 0 aliphatic carbocycles. The Hall–Kier alpha value is -2.71. The minimum absolute atomic E-state index is 0.00320. The minimum Gasteiger partial charge on any atom is -0.464 e. The molecule has 2 aromatic rings. The number of hydrogen-bond donors (Lipinski definition) is 0. The van der Waals surface area contributed by atoms with Crippen LogP contribution >= 0.6 is 0 Å². The van der Waals surface area contributed by atoms with Crippen LogP contribution in [-0.4, -0.2) is 72.5 Å². The van der Waals surface area contributed by atoms with Gasteiger partial charge in [0, 0.05) is 39.1 Å². The zero-order valence-corrected chi connectivity index (χ0v) is 20.5. The molecule has 0 unspecified atom stereocenters. The Balaban J connectivity index is 1.72. The molecule has 1 aromatic carbocycles. The first-order valence-corrected chi connectivity index (χ1v) is 12.0. The standard InChI is InChI=1S/C26H36FN3O4/c1-20(2)16-25(31)29(11-10-28-12-14-33-15-13-28)19-26(32)30(18-24-9-4-21(3)34-24)17-22-5-7-23(27)8-6-22/h4-9,20H,10-19H2,1-3H3. The van der Waals surface area contributed by atoms with E-state index in [0.717, 1.165) is 24.4 Å². The van der Waals surface area contributed by atoms with Gasteiger partial charge in [0.15, 0.2) is 0 Å². The lowest BCUT2D eigenvalue weighted by Gasteiger charge is -2.31. The Kier molecular flexibility index (Phi) is 9.65. The summed E-state index contributed by atoms with van der Waals surface area (Å²) in [6.07, 6.45) is 0.395. The summed E-state index contributed by atoms with van der Waals surface area (Å²) in [6, 6.07) is 9.81. The summed E-state index contributed by atoms with van der Waals surface area (Å²) in [5, 5.41) is 0. The first kappa shape index (κ1) is 25.9. The molecule has 0 saturated carbocycles. The van der Waals surface area contributed by atoms with Gasteiger partial charge in [0.05, 0.1) is 26.3 Å². The van der Waals surface area contributed by atoms with E-state index in [2.05, 4.69) is 4.90 Å². The summed E-state index contributed by atoms with van der Waals surface area (Å²) >= 11 is 0. The number of carbonyl (C=O) groups excluding carboxylic acids is 2. The predicted molar refractivity (Wildman–Crippen MR) is 127 cm³/mol. The van der Waals surface area contributed by atoms with Gasteiger partial charge in [-0.05, 0) is 42.7 Å². The van der Waals surface area contributed by atoms with Gasteiger partial charge in [-0.15, -0.1) is 0 Å². The van der Waals surface area contributed by atoms with Crippen LogP contribution in [0.2, 0.25) is 0 Å². The smallest absolute Gasteiger partial charge is 0.242 e. The van der Waals surface area contributed by atoms with Gasteiger partial charge in [-0.3, -0.25) is 14.5 Å². The highest BCUT2D eigenvalue weighted by atomic mass is 19.1. The van der Waals surface area contributed by atoms with Gasteiger partial charge in [0.25, 0.3) is 0 Å². The molecule has 1 aliphatic rings. The molecule has 34 heavy (non-hydrogen) atoms. The number of halogens is 1. The maximum absolute atomic E-state index is 13.5. The van der Waals surface area contributed by atoms with Crippen LogP contribution in [0.1, 0.15) is 37.4 Å². The monoisotopic (exact) mass is 473 g/mol. The van der Waals surface area contributed by atoms with Crippen molar-refractivity contribution in [2.75, 3.05) is 45.9 Å². The van der Waals surface area contributed by atoms with Crippen molar-refractivity contribution >= 4 is 11.8 Å². The molecule has 0 spiro atoms. The van der Waals surface area contributed by atoms with Crippen LogP contribution < -0.4 is 0 Å². The van der Waals surface area contributed by atoms with Crippen LogP contribution in [0.15, 0.2) is 40.8 Å². The van der Waals surface area contributed by atoms with Crippen molar-refractivity contribution < 1.29 is 23.1 Å². The van der Waals surface area contributed by atoms with E-state index in [1.165, 1.54) is 12.1 Å². The number of hydrogen-bond acceptors (Lipinski definition) is 5. The number of benzene rings is 1. The lowest BCUT2D eigenvalue weighted by molar-refractivity contribution is -0.142. The molecule has 2 amide bonds. The zero-order valence-electron chi connectivity index (χ0n) is 20.5. The van der Waals surface area contributed by atoms with E-state index in [9.17, 15) is 14.0 Å². The van der Waals surface area contributed by atoms with E-state index in [-0.39, 0.29) is 36.6 Å². The van der Waals surface area contributed by atoms with Crippen LogP contribution in [0.4, 0.5) is 4.39 Å². The van der Waals surface area contributed by atoms with Gasteiger partial charge >= 0.3 is 0 Å². The van der Waals surface area contributed by atoms with Gasteiger partial charge in [0.1, 0.15) is 17.3 Å². The lowest BCUT2D eigenvalue weighted by Crippen LogP contribution is -2.47. The third-order valence-electron chi connectivity index (χ3n) is 5.83. The second-order valence-electron chi connectivity index (χ2n) is 9.26. The highest BCUT2D eigenvalue weighted by molar-refractivity contribution is 5.85. The minimum atomic E-state index is -0.322. The number of carbonyl (C=O) groups is 2. The van der Waals surface area contributed by atoms with E-state index < -0.39 is 0 Å². The molecule has 0 radical (unpaired) electrons. The Morgan fingerprint density at radius 3 is 2.32 bits per heavy atom. The third kappa shape index (κ3) is 8.25. The van der Waals surface area contributed by atoms with E-state index in [1.54, 1.807) is 21.9 Å². The number of furan rings is 1. The fourth-order valence-corrected chi connectivity index (χ4v) is 3.92. The largest absolute Gasteiger partial charge is 0.464 e. The Morgan fingerprint density at radius 1 is 1.00 bits per heavy atom. The average molecular weight is 474 g/mol. The maximum Gasteiger partial charge on any atom is 0.242 e. The molecule has 1 fully saturated rings. The SMILES string of the molecule is Cc1ccc(CN(Cc2ccc(F)cc2)C(=O)CN(CCN2CCOCC2)C(=O)CC(C)C)o1. The highest BCUT2D eigenvalue weighted by Crippen LogP contribution is 2.15. The predicted octanol–water partition coefficient (Wildman–Crippen LogP) is 3.46. The van der Waals surface area contributed by atoms with Crippen LogP contribution in [0, 0.1) is 18.7 Å². The number of nitrogens with zero attached hydrogens (tertiary/aromatic N) is 3. The quantitative estimate of drug-likeness (QED) is 0.500. The van der Waals surface area contributed by atoms with E-state index in [4.69, 9.17) is 9.15 Å². The second kappa shape index (κ2) is 12.7. The van der Waals surface area contributed by atoms with Crippen LogP contribution in [0.25, 0.3) is 0 Å². The Labute approximate surface area is 201 Å². The molecule has 2 heterocycles. The summed E-state index contributed by atoms with van der Waals surface area (Å²) in [6.45, 7) is 10.7. The molecule has 1 aromatic heterocycles. The molecule has 0 bridgehead atoms. The van der Waals surface area contributed by atoms with Crippen LogP contribution in [0.5, 0.6) is 0 Å². The van der Waals surface area contributed by atoms with Gasteiger partial charge in [-0.2, -0.15) is 0 Å². The van der Waals surface area contributed by atoms with Crippen molar-refractivity contribution in [1.82, 2.24) is 14.7 Å². The average Bonchev–Trinajstić information content (AvgIpc) is 3.22. The van der Waals surface area contributed by atoms with E-state index in [1.807, 2.05) is 32.9 Å². The Morgan fingerprint density at radius 2 is 1.71 bits per heavy atom. The molecule has 186 valence electrons. The molecule has 0 atom stereocenters. The maximum atomic E-state index is 13.5. The summed E-state index contributed by atoms with van der Waals surface area (Å²) in [5.74, 6) is 1.13. The first-order chi connectivity index (χ1) is 16.3. The molecule has 8 heteroatoms. The van der Waals surface area contributed by atoms with Crippen molar-refractivity contribution in [3.05, 3.63) is 59.3 Å². The number of rotatable bonds is 11. The van der Waals surface area contributed by atoms with Gasteiger partial charge < -0.3 is 19.0 Å². The number of aryl methyl sites for hydroxylation is 1. The molecular formula is C26H36FN3O4. The topological polar surface area (TPSA) is 66.2 Å². The lowest BCUT2D eigenvalue weighted by atomic mass is 10.1. The molecule has 1 saturated heterocycles. The van der Waals surface area contributed by atoms with Gasteiger partial charge in [0.2, 0.25) is 11.8 Å². The number of morpholine rings is 1. The van der Waals surface area contributed by atoms with Gasteiger partial charge in [-0.25, -0.2) is 4.39 Å². The normalized spacial score (nSPS) is 14.4. The van der Waals surface area contributed by atoms with E-state index >= 15 is 0 Å². The zero-order chi connectivity index (χ0) is 24.5. The van der Waals surface area contributed by atoms with Crippen molar-refractivity contribution in [1.29, 1.82) is 0 Å². The fraction of sp³-hybridized carbons (Fsp3) is 0.538. The number of amides is 2. The molecule has 7 nitrogen and oxygen atoms in total. The van der Waals surface area contributed by atoms with E-state index in [0.29, 0.717) is 45.0 Å².